The molecule has 1 saturated heterocycles. The van der Waals surface area contributed by atoms with Crippen molar-refractivity contribution < 1.29 is 9.13 Å². The van der Waals surface area contributed by atoms with E-state index in [1.54, 1.807) is 13.0 Å². The normalized spacial score (nSPS) is 23.4. The lowest BCUT2D eigenvalue weighted by Gasteiger charge is -2.36. The molecule has 1 N–H and O–H groups in total. The van der Waals surface area contributed by atoms with Crippen LogP contribution in [0.15, 0.2) is 18.2 Å². The number of hydrogen-bond acceptors (Lipinski definition) is 2. The molecule has 0 bridgehead atoms. The van der Waals surface area contributed by atoms with Crippen molar-refractivity contribution in [2.24, 2.45) is 0 Å². The van der Waals surface area contributed by atoms with E-state index >= 15 is 0 Å². The summed E-state index contributed by atoms with van der Waals surface area (Å²) in [5.74, 6) is -0.150. The highest BCUT2D eigenvalue weighted by Gasteiger charge is 2.28. The Morgan fingerprint density at radius 2 is 2.18 bits per heavy atom. The van der Waals surface area contributed by atoms with Gasteiger partial charge in [0.15, 0.2) is 0 Å². The number of rotatable bonds is 2. The summed E-state index contributed by atoms with van der Waals surface area (Å²) in [6.07, 6.45) is 1.98. The van der Waals surface area contributed by atoms with Crippen LogP contribution in [0, 0.1) is 12.7 Å². The molecule has 17 heavy (non-hydrogen) atoms. The summed E-state index contributed by atoms with van der Waals surface area (Å²) in [6, 6.07) is 5.58. The SMILES string of the molecule is Cc1cc(NC2CCOC(C)(C)C2)ccc1F. The number of anilines is 1. The number of benzene rings is 1. The van der Waals surface area contributed by atoms with E-state index in [-0.39, 0.29) is 11.4 Å². The van der Waals surface area contributed by atoms with Crippen molar-refractivity contribution in [1.82, 2.24) is 0 Å². The summed E-state index contributed by atoms with van der Waals surface area (Å²) < 4.78 is 18.8. The van der Waals surface area contributed by atoms with Crippen LogP contribution in [0.1, 0.15) is 32.3 Å². The van der Waals surface area contributed by atoms with Gasteiger partial charge in [-0.25, -0.2) is 4.39 Å². The van der Waals surface area contributed by atoms with Crippen molar-refractivity contribution >= 4 is 5.69 Å². The second-order valence-corrected chi connectivity index (χ2v) is 5.41. The van der Waals surface area contributed by atoms with Gasteiger partial charge in [-0.2, -0.15) is 0 Å². The van der Waals surface area contributed by atoms with Gasteiger partial charge in [0.1, 0.15) is 5.82 Å². The van der Waals surface area contributed by atoms with Crippen LogP contribution in [0.3, 0.4) is 0 Å². The highest BCUT2D eigenvalue weighted by Crippen LogP contribution is 2.26. The number of ether oxygens (including phenoxy) is 1. The second-order valence-electron chi connectivity index (χ2n) is 5.41. The Hall–Kier alpha value is -1.09. The Morgan fingerprint density at radius 3 is 2.82 bits per heavy atom. The molecule has 0 saturated carbocycles. The molecule has 1 unspecified atom stereocenters. The molecule has 0 spiro atoms. The van der Waals surface area contributed by atoms with E-state index in [0.29, 0.717) is 11.6 Å². The van der Waals surface area contributed by atoms with Crippen molar-refractivity contribution in [2.45, 2.75) is 45.3 Å². The number of hydrogen-bond donors (Lipinski definition) is 1. The monoisotopic (exact) mass is 237 g/mol. The van der Waals surface area contributed by atoms with Crippen LogP contribution in [0.5, 0.6) is 0 Å². The van der Waals surface area contributed by atoms with Crippen molar-refractivity contribution in [2.75, 3.05) is 11.9 Å². The minimum absolute atomic E-state index is 0.0645. The van der Waals surface area contributed by atoms with Gasteiger partial charge in [-0.1, -0.05) is 0 Å². The maximum atomic E-state index is 13.2. The van der Waals surface area contributed by atoms with Gasteiger partial charge >= 0.3 is 0 Å². The summed E-state index contributed by atoms with van der Waals surface area (Å²) in [5.41, 5.74) is 1.61. The van der Waals surface area contributed by atoms with E-state index in [9.17, 15) is 4.39 Å². The molecule has 0 aliphatic carbocycles. The molecule has 2 nitrogen and oxygen atoms in total. The fraction of sp³-hybridized carbons (Fsp3) is 0.571. The molecule has 0 aromatic heterocycles. The van der Waals surface area contributed by atoms with E-state index in [4.69, 9.17) is 4.74 Å². The zero-order chi connectivity index (χ0) is 12.5. The molecule has 2 rings (SSSR count). The van der Waals surface area contributed by atoms with Gasteiger partial charge in [-0.05, 0) is 57.4 Å². The molecular weight excluding hydrogens is 217 g/mol. The first-order valence-electron chi connectivity index (χ1n) is 6.13. The molecule has 1 aromatic carbocycles. The Kier molecular flexibility index (Phi) is 3.38. The van der Waals surface area contributed by atoms with E-state index < -0.39 is 0 Å². The van der Waals surface area contributed by atoms with E-state index in [1.165, 1.54) is 6.07 Å². The molecule has 1 aliphatic heterocycles. The van der Waals surface area contributed by atoms with Crippen LogP contribution in [-0.2, 0) is 4.74 Å². The van der Waals surface area contributed by atoms with E-state index in [2.05, 4.69) is 19.2 Å². The standard InChI is InChI=1S/C14H20FNO/c1-10-8-11(4-5-13(10)15)16-12-6-7-17-14(2,3)9-12/h4-5,8,12,16H,6-7,9H2,1-3H3. The van der Waals surface area contributed by atoms with Gasteiger partial charge in [0.2, 0.25) is 0 Å². The molecule has 0 amide bonds. The molecule has 94 valence electrons. The smallest absolute Gasteiger partial charge is 0.126 e. The third kappa shape index (κ3) is 3.19. The molecular formula is C14H20FNO. The quantitative estimate of drug-likeness (QED) is 0.850. The van der Waals surface area contributed by atoms with Gasteiger partial charge in [0.05, 0.1) is 5.60 Å². The van der Waals surface area contributed by atoms with Crippen molar-refractivity contribution in [3.63, 3.8) is 0 Å². The lowest BCUT2D eigenvalue weighted by atomic mass is 9.94. The average molecular weight is 237 g/mol. The highest BCUT2D eigenvalue weighted by molar-refractivity contribution is 5.46. The molecule has 1 heterocycles. The number of nitrogens with one attached hydrogen (secondary N) is 1. The predicted molar refractivity (Wildman–Crippen MR) is 67.8 cm³/mol. The Morgan fingerprint density at radius 1 is 1.41 bits per heavy atom. The number of halogens is 1. The predicted octanol–water partition coefficient (Wildman–Crippen LogP) is 3.50. The van der Waals surface area contributed by atoms with Gasteiger partial charge < -0.3 is 10.1 Å². The zero-order valence-electron chi connectivity index (χ0n) is 10.7. The van der Waals surface area contributed by atoms with Crippen LogP contribution < -0.4 is 5.32 Å². The molecule has 0 radical (unpaired) electrons. The Labute approximate surface area is 102 Å². The Bertz CT molecular complexity index is 403. The first-order valence-corrected chi connectivity index (χ1v) is 6.13. The van der Waals surface area contributed by atoms with E-state index in [1.807, 2.05) is 6.07 Å². The van der Waals surface area contributed by atoms with Crippen LogP contribution in [0.25, 0.3) is 0 Å². The van der Waals surface area contributed by atoms with Gasteiger partial charge in [0, 0.05) is 18.3 Å². The van der Waals surface area contributed by atoms with Gasteiger partial charge in [-0.3, -0.25) is 0 Å². The molecule has 1 atom stereocenters. The number of aryl methyl sites for hydroxylation is 1. The first-order chi connectivity index (χ1) is 7.96. The first kappa shape index (κ1) is 12.4. The molecule has 1 fully saturated rings. The van der Waals surface area contributed by atoms with E-state index in [0.717, 1.165) is 25.1 Å². The van der Waals surface area contributed by atoms with Crippen molar-refractivity contribution in [1.29, 1.82) is 0 Å². The fourth-order valence-electron chi connectivity index (χ4n) is 2.33. The molecule has 1 aliphatic rings. The third-order valence-corrected chi connectivity index (χ3v) is 3.23. The minimum atomic E-state index is -0.150. The third-order valence-electron chi connectivity index (χ3n) is 3.23. The largest absolute Gasteiger partial charge is 0.382 e. The lowest BCUT2D eigenvalue weighted by molar-refractivity contribution is -0.0553. The maximum Gasteiger partial charge on any atom is 0.126 e. The van der Waals surface area contributed by atoms with Crippen LogP contribution in [0.2, 0.25) is 0 Å². The van der Waals surface area contributed by atoms with Gasteiger partial charge in [-0.15, -0.1) is 0 Å². The van der Waals surface area contributed by atoms with Crippen LogP contribution in [-0.4, -0.2) is 18.2 Å². The summed E-state index contributed by atoms with van der Waals surface area (Å²) in [6.45, 7) is 6.78. The zero-order valence-corrected chi connectivity index (χ0v) is 10.7. The highest BCUT2D eigenvalue weighted by atomic mass is 19.1. The summed E-state index contributed by atoms with van der Waals surface area (Å²) in [4.78, 5) is 0. The van der Waals surface area contributed by atoms with Crippen LogP contribution >= 0.6 is 0 Å². The fourth-order valence-corrected chi connectivity index (χ4v) is 2.33. The topological polar surface area (TPSA) is 21.3 Å². The average Bonchev–Trinajstić information content (AvgIpc) is 2.22. The maximum absolute atomic E-state index is 13.2. The molecule has 1 aromatic rings. The summed E-state index contributed by atoms with van der Waals surface area (Å²) in [7, 11) is 0. The Balaban J connectivity index is 2.03. The van der Waals surface area contributed by atoms with Crippen molar-refractivity contribution in [3.05, 3.63) is 29.6 Å². The lowest BCUT2D eigenvalue weighted by Crippen LogP contribution is -2.40. The van der Waals surface area contributed by atoms with Gasteiger partial charge in [0.25, 0.3) is 0 Å². The second kappa shape index (κ2) is 4.65. The minimum Gasteiger partial charge on any atom is -0.382 e. The molecule has 3 heteroatoms. The summed E-state index contributed by atoms with van der Waals surface area (Å²) in [5, 5.41) is 3.46. The van der Waals surface area contributed by atoms with Crippen molar-refractivity contribution in [3.8, 4) is 0 Å². The summed E-state index contributed by atoms with van der Waals surface area (Å²) >= 11 is 0. The van der Waals surface area contributed by atoms with Crippen LogP contribution in [0.4, 0.5) is 10.1 Å².